The summed E-state index contributed by atoms with van der Waals surface area (Å²) in [5, 5.41) is 6.77. The van der Waals surface area contributed by atoms with Crippen LogP contribution in [0.25, 0.3) is 11.3 Å². The van der Waals surface area contributed by atoms with E-state index in [0.29, 0.717) is 23.9 Å². The third kappa shape index (κ3) is 3.82. The zero-order valence-electron chi connectivity index (χ0n) is 12.5. The fraction of sp³-hybridized carbons (Fsp3) is 0.188. The van der Waals surface area contributed by atoms with Gasteiger partial charge in [0.05, 0.1) is 6.20 Å². The second-order valence-corrected chi connectivity index (χ2v) is 5.05. The molecular weight excluding hydrogens is 299 g/mol. The monoisotopic (exact) mass is 314 g/mol. The highest BCUT2D eigenvalue weighted by Gasteiger charge is 2.10. The summed E-state index contributed by atoms with van der Waals surface area (Å²) in [4.78, 5) is 16.0. The molecule has 0 saturated carbocycles. The van der Waals surface area contributed by atoms with Crippen LogP contribution in [-0.4, -0.2) is 20.7 Å². The van der Waals surface area contributed by atoms with E-state index in [4.69, 9.17) is 4.42 Å². The summed E-state index contributed by atoms with van der Waals surface area (Å²) in [6, 6.07) is 7.67. The zero-order valence-corrected chi connectivity index (χ0v) is 12.5. The first-order valence-electron chi connectivity index (χ1n) is 7.10. The average molecular weight is 314 g/mol. The smallest absolute Gasteiger partial charge is 0.226 e. The van der Waals surface area contributed by atoms with Gasteiger partial charge in [0, 0.05) is 37.7 Å². The van der Waals surface area contributed by atoms with Gasteiger partial charge < -0.3 is 9.73 Å². The molecule has 0 atom stereocenters. The lowest BCUT2D eigenvalue weighted by Crippen LogP contribution is -2.13. The number of anilines is 1. The quantitative estimate of drug-likeness (QED) is 0.786. The molecule has 0 aliphatic rings. The molecule has 1 amide bonds. The largest absolute Gasteiger partial charge is 0.441 e. The summed E-state index contributed by atoms with van der Waals surface area (Å²) in [5.74, 6) is 1.05. The summed E-state index contributed by atoms with van der Waals surface area (Å²) in [7, 11) is 1.78. The Hall–Kier alpha value is -2.96. The molecule has 23 heavy (non-hydrogen) atoms. The molecule has 2 heterocycles. The summed E-state index contributed by atoms with van der Waals surface area (Å²) >= 11 is 0. The van der Waals surface area contributed by atoms with Gasteiger partial charge in [0.1, 0.15) is 5.82 Å². The Labute approximate surface area is 132 Å². The number of carbonyl (C=O) groups is 1. The number of aromatic nitrogens is 3. The van der Waals surface area contributed by atoms with Crippen molar-refractivity contribution in [1.82, 2.24) is 14.8 Å². The lowest BCUT2D eigenvalue weighted by Gasteiger charge is -2.00. The highest BCUT2D eigenvalue weighted by molar-refractivity contribution is 5.89. The maximum absolute atomic E-state index is 12.9. The maximum atomic E-state index is 12.9. The van der Waals surface area contributed by atoms with Crippen LogP contribution in [-0.2, 0) is 18.3 Å². The predicted molar refractivity (Wildman–Crippen MR) is 82.1 cm³/mol. The zero-order chi connectivity index (χ0) is 16.2. The second kappa shape index (κ2) is 6.43. The molecule has 0 spiro atoms. The Morgan fingerprint density at radius 2 is 2.09 bits per heavy atom. The molecule has 0 unspecified atom stereocenters. The lowest BCUT2D eigenvalue weighted by atomic mass is 10.2. The van der Waals surface area contributed by atoms with Crippen molar-refractivity contribution in [2.24, 2.45) is 7.05 Å². The van der Waals surface area contributed by atoms with Crippen molar-refractivity contribution < 1.29 is 13.6 Å². The van der Waals surface area contributed by atoms with Gasteiger partial charge in [-0.15, -0.1) is 0 Å². The van der Waals surface area contributed by atoms with Crippen LogP contribution in [0.4, 0.5) is 10.2 Å². The molecule has 1 aromatic carbocycles. The Morgan fingerprint density at radius 3 is 2.78 bits per heavy atom. The fourth-order valence-corrected chi connectivity index (χ4v) is 2.08. The standard InChI is InChI=1S/C16H15FN4O2/c1-21-9-8-14(20-21)19-15(22)6-7-16-18-10-13(23-16)11-2-4-12(17)5-3-11/h2-5,8-10H,6-7H2,1H3,(H,19,20,22). The molecule has 3 aromatic rings. The van der Waals surface area contributed by atoms with E-state index in [9.17, 15) is 9.18 Å². The molecule has 2 aromatic heterocycles. The highest BCUT2D eigenvalue weighted by atomic mass is 19.1. The number of rotatable bonds is 5. The SMILES string of the molecule is Cn1ccc(NC(=O)CCc2ncc(-c3ccc(F)cc3)o2)n1. The lowest BCUT2D eigenvalue weighted by molar-refractivity contribution is -0.116. The van der Waals surface area contributed by atoms with Crippen LogP contribution in [0, 0.1) is 5.82 Å². The van der Waals surface area contributed by atoms with Crippen molar-refractivity contribution in [2.45, 2.75) is 12.8 Å². The minimum atomic E-state index is -0.306. The van der Waals surface area contributed by atoms with Crippen LogP contribution >= 0.6 is 0 Å². The number of nitrogens with one attached hydrogen (secondary N) is 1. The molecule has 0 fully saturated rings. The van der Waals surface area contributed by atoms with Crippen LogP contribution in [0.15, 0.2) is 47.1 Å². The molecule has 0 radical (unpaired) electrons. The van der Waals surface area contributed by atoms with E-state index in [1.165, 1.54) is 12.1 Å². The third-order valence-electron chi connectivity index (χ3n) is 3.23. The van der Waals surface area contributed by atoms with Crippen LogP contribution in [0.1, 0.15) is 12.3 Å². The topological polar surface area (TPSA) is 73.0 Å². The predicted octanol–water partition coefficient (Wildman–Crippen LogP) is 2.79. The van der Waals surface area contributed by atoms with Crippen LogP contribution in [0.3, 0.4) is 0 Å². The number of hydrogen-bond acceptors (Lipinski definition) is 4. The first-order valence-corrected chi connectivity index (χ1v) is 7.10. The Balaban J connectivity index is 1.56. The molecule has 3 rings (SSSR count). The first-order chi connectivity index (χ1) is 11.1. The van der Waals surface area contributed by atoms with Gasteiger partial charge in [-0.25, -0.2) is 9.37 Å². The van der Waals surface area contributed by atoms with Crippen molar-refractivity contribution in [1.29, 1.82) is 0 Å². The van der Waals surface area contributed by atoms with Gasteiger partial charge in [0.2, 0.25) is 5.91 Å². The van der Waals surface area contributed by atoms with Crippen molar-refractivity contribution in [2.75, 3.05) is 5.32 Å². The summed E-state index contributed by atoms with van der Waals surface area (Å²) in [6.45, 7) is 0. The number of benzene rings is 1. The molecule has 0 aliphatic heterocycles. The van der Waals surface area contributed by atoms with Crippen molar-refractivity contribution in [3.8, 4) is 11.3 Å². The molecule has 6 nitrogen and oxygen atoms in total. The van der Waals surface area contributed by atoms with Crippen LogP contribution < -0.4 is 5.32 Å². The van der Waals surface area contributed by atoms with E-state index in [1.807, 2.05) is 0 Å². The molecule has 0 bridgehead atoms. The minimum absolute atomic E-state index is 0.162. The Kier molecular flexibility index (Phi) is 4.18. The van der Waals surface area contributed by atoms with Gasteiger partial charge in [-0.2, -0.15) is 5.10 Å². The summed E-state index contributed by atoms with van der Waals surface area (Å²) in [5.41, 5.74) is 0.739. The van der Waals surface area contributed by atoms with E-state index in [2.05, 4.69) is 15.4 Å². The number of oxazole rings is 1. The second-order valence-electron chi connectivity index (χ2n) is 5.05. The number of amides is 1. The van der Waals surface area contributed by atoms with E-state index >= 15 is 0 Å². The van der Waals surface area contributed by atoms with E-state index < -0.39 is 0 Å². The van der Waals surface area contributed by atoms with Crippen LogP contribution in [0.5, 0.6) is 0 Å². The molecular formula is C16H15FN4O2. The molecule has 1 N–H and O–H groups in total. The molecule has 0 aliphatic carbocycles. The Bertz CT molecular complexity index is 808. The number of nitrogens with zero attached hydrogens (tertiary/aromatic N) is 3. The van der Waals surface area contributed by atoms with Gasteiger partial charge in [0.25, 0.3) is 0 Å². The number of aryl methyl sites for hydroxylation is 2. The number of hydrogen-bond donors (Lipinski definition) is 1. The molecule has 118 valence electrons. The van der Waals surface area contributed by atoms with Gasteiger partial charge in [-0.3, -0.25) is 9.48 Å². The highest BCUT2D eigenvalue weighted by Crippen LogP contribution is 2.21. The number of carbonyl (C=O) groups excluding carboxylic acids is 1. The van der Waals surface area contributed by atoms with Crippen LogP contribution in [0.2, 0.25) is 0 Å². The first kappa shape index (κ1) is 15.0. The van der Waals surface area contributed by atoms with Gasteiger partial charge in [-0.05, 0) is 24.3 Å². The van der Waals surface area contributed by atoms with Crippen molar-refractivity contribution in [3.63, 3.8) is 0 Å². The fourth-order valence-electron chi connectivity index (χ4n) is 2.08. The summed E-state index contributed by atoms with van der Waals surface area (Å²) in [6.07, 6.45) is 3.93. The minimum Gasteiger partial charge on any atom is -0.441 e. The van der Waals surface area contributed by atoms with E-state index in [0.717, 1.165) is 5.56 Å². The normalized spacial score (nSPS) is 10.7. The van der Waals surface area contributed by atoms with Crippen molar-refractivity contribution >= 4 is 11.7 Å². The summed E-state index contributed by atoms with van der Waals surface area (Å²) < 4.78 is 20.1. The van der Waals surface area contributed by atoms with E-state index in [-0.39, 0.29) is 18.1 Å². The van der Waals surface area contributed by atoms with Gasteiger partial charge >= 0.3 is 0 Å². The average Bonchev–Trinajstić information content (AvgIpc) is 3.15. The van der Waals surface area contributed by atoms with Crippen molar-refractivity contribution in [3.05, 3.63) is 54.4 Å². The Morgan fingerprint density at radius 1 is 1.30 bits per heavy atom. The maximum Gasteiger partial charge on any atom is 0.226 e. The van der Waals surface area contributed by atoms with E-state index in [1.54, 1.807) is 42.3 Å². The molecule has 0 saturated heterocycles. The third-order valence-corrected chi connectivity index (χ3v) is 3.23. The number of halogens is 1. The molecule has 7 heteroatoms. The van der Waals surface area contributed by atoms with Gasteiger partial charge in [0.15, 0.2) is 17.5 Å². The van der Waals surface area contributed by atoms with Gasteiger partial charge in [-0.1, -0.05) is 0 Å².